The number of amides is 1. The molecule has 0 saturated heterocycles. The second-order valence-electron chi connectivity index (χ2n) is 4.65. The molecule has 1 aromatic carbocycles. The van der Waals surface area contributed by atoms with E-state index in [4.69, 9.17) is 4.74 Å². The van der Waals surface area contributed by atoms with Gasteiger partial charge < -0.3 is 15.4 Å². The van der Waals surface area contributed by atoms with Crippen LogP contribution in [0.3, 0.4) is 0 Å². The minimum Gasteiger partial charge on any atom is -0.493 e. The van der Waals surface area contributed by atoms with Crippen molar-refractivity contribution in [1.29, 1.82) is 0 Å². The molecule has 6 heteroatoms. The van der Waals surface area contributed by atoms with Crippen LogP contribution < -0.4 is 15.4 Å². The smallest absolute Gasteiger partial charge is 0.221 e. The van der Waals surface area contributed by atoms with Crippen LogP contribution in [-0.4, -0.2) is 26.1 Å². The normalized spacial score (nSPS) is 17.2. The van der Waals surface area contributed by atoms with Gasteiger partial charge >= 0.3 is 0 Å². The quantitative estimate of drug-likeness (QED) is 0.896. The van der Waals surface area contributed by atoms with Gasteiger partial charge in [0.2, 0.25) is 5.91 Å². The lowest BCUT2D eigenvalue weighted by Crippen LogP contribution is -2.30. The highest BCUT2D eigenvalue weighted by molar-refractivity contribution is 5.85. The molecule has 0 radical (unpaired) electrons. The van der Waals surface area contributed by atoms with Gasteiger partial charge in [-0.25, -0.2) is 4.39 Å². The lowest BCUT2D eigenvalue weighted by Gasteiger charge is -2.18. The van der Waals surface area contributed by atoms with E-state index in [1.54, 1.807) is 13.1 Å². The van der Waals surface area contributed by atoms with Gasteiger partial charge in [0.15, 0.2) is 0 Å². The summed E-state index contributed by atoms with van der Waals surface area (Å²) in [5.41, 5.74) is 0.732. The maximum absolute atomic E-state index is 13.4. The van der Waals surface area contributed by atoms with Gasteiger partial charge in [-0.1, -0.05) is 0 Å². The van der Waals surface area contributed by atoms with Gasteiger partial charge in [-0.3, -0.25) is 4.79 Å². The van der Waals surface area contributed by atoms with Crippen LogP contribution in [0.5, 0.6) is 5.75 Å². The molecule has 4 nitrogen and oxygen atoms in total. The van der Waals surface area contributed by atoms with Crippen molar-refractivity contribution in [3.8, 4) is 5.75 Å². The predicted molar refractivity (Wildman–Crippen MR) is 77.8 cm³/mol. The molecule has 1 unspecified atom stereocenters. The second-order valence-corrected chi connectivity index (χ2v) is 4.65. The molecule has 112 valence electrons. The standard InChI is InChI=1S/C14H19FN2O2.ClH/c1-16-7-6-14(18)17-12-3-2-8-19-13-5-4-10(15)9-11(12)13;/h4-5,9,12,16H,2-3,6-8H2,1H3,(H,17,18);1H. The summed E-state index contributed by atoms with van der Waals surface area (Å²) in [4.78, 5) is 11.8. The summed E-state index contributed by atoms with van der Waals surface area (Å²) in [5.74, 6) is 0.327. The first kappa shape index (κ1) is 16.7. The number of rotatable bonds is 4. The molecule has 0 aromatic heterocycles. The Hall–Kier alpha value is -1.33. The number of carbonyl (C=O) groups is 1. The molecule has 1 aromatic rings. The Bertz CT molecular complexity index is 457. The second kappa shape index (κ2) is 8.07. The highest BCUT2D eigenvalue weighted by Crippen LogP contribution is 2.32. The summed E-state index contributed by atoms with van der Waals surface area (Å²) in [6.45, 7) is 1.23. The van der Waals surface area contributed by atoms with E-state index in [0.717, 1.165) is 18.4 Å². The summed E-state index contributed by atoms with van der Waals surface area (Å²) >= 11 is 0. The first-order valence-corrected chi connectivity index (χ1v) is 6.57. The zero-order valence-corrected chi connectivity index (χ0v) is 12.3. The van der Waals surface area contributed by atoms with E-state index in [0.29, 0.717) is 25.3 Å². The fourth-order valence-electron chi connectivity index (χ4n) is 2.20. The molecule has 0 spiro atoms. The summed E-state index contributed by atoms with van der Waals surface area (Å²) in [5, 5.41) is 5.88. The maximum Gasteiger partial charge on any atom is 0.221 e. The lowest BCUT2D eigenvalue weighted by molar-refractivity contribution is -0.121. The average molecular weight is 303 g/mol. The molecule has 0 fully saturated rings. The number of carbonyl (C=O) groups excluding carboxylic acids is 1. The third-order valence-electron chi connectivity index (χ3n) is 3.18. The molecule has 1 aliphatic heterocycles. The van der Waals surface area contributed by atoms with Gasteiger partial charge in [0.05, 0.1) is 12.6 Å². The minimum atomic E-state index is -0.307. The summed E-state index contributed by atoms with van der Waals surface area (Å²) in [6.07, 6.45) is 2.02. The number of benzene rings is 1. The van der Waals surface area contributed by atoms with Crippen molar-refractivity contribution >= 4 is 18.3 Å². The van der Waals surface area contributed by atoms with Crippen LogP contribution in [0.25, 0.3) is 0 Å². The molecule has 1 amide bonds. The van der Waals surface area contributed by atoms with Gasteiger partial charge in [-0.15, -0.1) is 12.4 Å². The molecule has 2 rings (SSSR count). The first-order chi connectivity index (χ1) is 9.20. The van der Waals surface area contributed by atoms with Gasteiger partial charge in [-0.2, -0.15) is 0 Å². The average Bonchev–Trinajstić information content (AvgIpc) is 2.59. The maximum atomic E-state index is 13.4. The van der Waals surface area contributed by atoms with Crippen LogP contribution in [0.2, 0.25) is 0 Å². The summed E-state index contributed by atoms with van der Waals surface area (Å²) in [7, 11) is 1.80. The summed E-state index contributed by atoms with van der Waals surface area (Å²) in [6, 6.07) is 4.29. The molecule has 2 N–H and O–H groups in total. The van der Waals surface area contributed by atoms with Crippen LogP contribution in [0.15, 0.2) is 18.2 Å². The van der Waals surface area contributed by atoms with Crippen LogP contribution in [0.1, 0.15) is 30.9 Å². The Labute approximate surface area is 124 Å². The number of hydrogen-bond donors (Lipinski definition) is 2. The van der Waals surface area contributed by atoms with E-state index in [-0.39, 0.29) is 30.2 Å². The van der Waals surface area contributed by atoms with E-state index in [1.165, 1.54) is 12.1 Å². The molecular weight excluding hydrogens is 283 g/mol. The van der Waals surface area contributed by atoms with Crippen molar-refractivity contribution in [2.24, 2.45) is 0 Å². The predicted octanol–water partition coefficient (Wildman–Crippen LogP) is 2.19. The van der Waals surface area contributed by atoms with E-state index in [9.17, 15) is 9.18 Å². The monoisotopic (exact) mass is 302 g/mol. The zero-order valence-electron chi connectivity index (χ0n) is 11.4. The van der Waals surface area contributed by atoms with Crippen molar-refractivity contribution in [2.45, 2.75) is 25.3 Å². The topological polar surface area (TPSA) is 50.4 Å². The highest BCUT2D eigenvalue weighted by Gasteiger charge is 2.21. The van der Waals surface area contributed by atoms with Crippen LogP contribution >= 0.6 is 12.4 Å². The zero-order chi connectivity index (χ0) is 13.7. The third-order valence-corrected chi connectivity index (χ3v) is 3.18. The van der Waals surface area contributed by atoms with Crippen LogP contribution in [-0.2, 0) is 4.79 Å². The van der Waals surface area contributed by atoms with Crippen molar-refractivity contribution in [1.82, 2.24) is 10.6 Å². The van der Waals surface area contributed by atoms with E-state index >= 15 is 0 Å². The molecular formula is C14H20ClFN2O2. The van der Waals surface area contributed by atoms with Crippen LogP contribution in [0.4, 0.5) is 4.39 Å². The Kier molecular flexibility index (Phi) is 6.75. The van der Waals surface area contributed by atoms with Crippen LogP contribution in [0, 0.1) is 5.82 Å². The number of hydrogen-bond acceptors (Lipinski definition) is 3. The molecule has 0 aliphatic carbocycles. The van der Waals surface area contributed by atoms with Crippen molar-refractivity contribution in [2.75, 3.05) is 20.2 Å². The van der Waals surface area contributed by atoms with Gasteiger partial charge in [0.25, 0.3) is 0 Å². The minimum absolute atomic E-state index is 0. The Morgan fingerprint density at radius 2 is 2.30 bits per heavy atom. The molecule has 20 heavy (non-hydrogen) atoms. The molecule has 0 saturated carbocycles. The van der Waals surface area contributed by atoms with E-state index < -0.39 is 0 Å². The largest absolute Gasteiger partial charge is 0.493 e. The Morgan fingerprint density at radius 1 is 1.50 bits per heavy atom. The van der Waals surface area contributed by atoms with Gasteiger partial charge in [0, 0.05) is 18.5 Å². The van der Waals surface area contributed by atoms with Crippen molar-refractivity contribution < 1.29 is 13.9 Å². The van der Waals surface area contributed by atoms with Gasteiger partial charge in [0.1, 0.15) is 11.6 Å². The third kappa shape index (κ3) is 4.35. The molecule has 1 aliphatic rings. The SMILES string of the molecule is CNCCC(=O)NC1CCCOc2ccc(F)cc21.Cl. The molecule has 1 heterocycles. The number of halogens is 2. The Balaban J connectivity index is 0.00000200. The fraction of sp³-hybridized carbons (Fsp3) is 0.500. The van der Waals surface area contributed by atoms with Crippen molar-refractivity contribution in [3.05, 3.63) is 29.6 Å². The molecule has 0 bridgehead atoms. The highest BCUT2D eigenvalue weighted by atomic mass is 35.5. The number of fused-ring (bicyclic) bond motifs is 1. The van der Waals surface area contributed by atoms with E-state index in [1.807, 2.05) is 0 Å². The first-order valence-electron chi connectivity index (χ1n) is 6.57. The number of ether oxygens (including phenoxy) is 1. The fourth-order valence-corrected chi connectivity index (χ4v) is 2.20. The summed E-state index contributed by atoms with van der Waals surface area (Å²) < 4.78 is 18.9. The van der Waals surface area contributed by atoms with Gasteiger partial charge in [-0.05, 0) is 38.1 Å². The lowest BCUT2D eigenvalue weighted by atomic mass is 10.0. The number of nitrogens with one attached hydrogen (secondary N) is 2. The molecule has 1 atom stereocenters. The van der Waals surface area contributed by atoms with E-state index in [2.05, 4.69) is 10.6 Å². The van der Waals surface area contributed by atoms with Crippen molar-refractivity contribution in [3.63, 3.8) is 0 Å². The Morgan fingerprint density at radius 3 is 3.05 bits per heavy atom.